The Hall–Kier alpha value is -0.903. The molecular weight excluding hydrogens is 407 g/mol. The monoisotopic (exact) mass is 446 g/mol. The van der Waals surface area contributed by atoms with Crippen LogP contribution in [0.5, 0.6) is 0 Å². The molecule has 0 N–H and O–H groups in total. The van der Waals surface area contributed by atoms with E-state index in [2.05, 4.69) is 45.7 Å². The van der Waals surface area contributed by atoms with Crippen LogP contribution in [0.4, 0.5) is 0 Å². The second-order valence-electron chi connectivity index (χ2n) is 8.16. The topological polar surface area (TPSA) is 71.1 Å². The van der Waals surface area contributed by atoms with Crippen LogP contribution < -0.4 is 0 Å². The van der Waals surface area contributed by atoms with Crippen LogP contribution >= 0.6 is 7.60 Å². The lowest BCUT2D eigenvalue weighted by Crippen LogP contribution is -2.43. The summed E-state index contributed by atoms with van der Waals surface area (Å²) in [4.78, 5) is 11.4. The first-order chi connectivity index (χ1) is 13.4. The fourth-order valence-electron chi connectivity index (χ4n) is 2.14. The molecule has 0 amide bonds. The van der Waals surface area contributed by atoms with E-state index < -0.39 is 15.9 Å². The first kappa shape index (κ1) is 28.1. The first-order valence-electron chi connectivity index (χ1n) is 10.2. The van der Waals surface area contributed by atoms with Crippen molar-refractivity contribution in [2.24, 2.45) is 0 Å². The van der Waals surface area contributed by atoms with Gasteiger partial charge in [0.05, 0.1) is 26.5 Å². The third-order valence-electron chi connectivity index (χ3n) is 4.74. The largest absolute Gasteiger partial charge is 0.469 e. The highest BCUT2D eigenvalue weighted by Gasteiger charge is 2.38. The van der Waals surface area contributed by atoms with Gasteiger partial charge in [-0.05, 0) is 50.9 Å². The number of carbonyl (C=O) groups excluding carboxylic acids is 1. The molecule has 168 valence electrons. The lowest BCUT2D eigenvalue weighted by Gasteiger charge is -2.38. The fourth-order valence-corrected chi connectivity index (χ4v) is 4.82. The highest BCUT2D eigenvalue weighted by atomic mass is 31.2. The predicted molar refractivity (Wildman–Crippen MR) is 121 cm³/mol. The number of hydrogen-bond donors (Lipinski definition) is 0. The third-order valence-corrected chi connectivity index (χ3v) is 11.2. The van der Waals surface area contributed by atoms with Crippen LogP contribution in [-0.2, 0) is 27.6 Å². The molecule has 8 heteroatoms. The molecule has 0 heterocycles. The average molecular weight is 447 g/mol. The van der Waals surface area contributed by atoms with Crippen LogP contribution in [0.3, 0.4) is 0 Å². The number of methoxy groups -OCH3 is 1. The van der Waals surface area contributed by atoms with E-state index in [4.69, 9.17) is 18.2 Å². The zero-order valence-electron chi connectivity index (χ0n) is 19.4. The summed E-state index contributed by atoms with van der Waals surface area (Å²) < 4.78 is 34.1. The van der Waals surface area contributed by atoms with Gasteiger partial charge in [-0.3, -0.25) is 9.36 Å². The number of carbonyl (C=O) groups is 1. The third kappa shape index (κ3) is 11.8. The normalized spacial score (nSPS) is 13.8. The quantitative estimate of drug-likeness (QED) is 0.169. The molecule has 0 saturated carbocycles. The van der Waals surface area contributed by atoms with Gasteiger partial charge < -0.3 is 18.2 Å². The van der Waals surface area contributed by atoms with Gasteiger partial charge in [0.2, 0.25) is 0 Å². The van der Waals surface area contributed by atoms with E-state index in [0.29, 0.717) is 32.5 Å². The maximum atomic E-state index is 12.4. The SMILES string of the molecule is CCOP(=O)(C/C=C/C#C[C@H](CCCC(=O)OC)O[Si](C)(C)C(C)(C)C)OCC. The van der Waals surface area contributed by atoms with Crippen LogP contribution in [0, 0.1) is 11.8 Å². The maximum absolute atomic E-state index is 12.4. The van der Waals surface area contributed by atoms with Gasteiger partial charge in [0.1, 0.15) is 6.10 Å². The minimum Gasteiger partial charge on any atom is -0.469 e. The van der Waals surface area contributed by atoms with Gasteiger partial charge in [-0.2, -0.15) is 0 Å². The zero-order valence-corrected chi connectivity index (χ0v) is 21.3. The Kier molecular flexibility index (Phi) is 13.0. The summed E-state index contributed by atoms with van der Waals surface area (Å²) in [6, 6.07) is 0. The van der Waals surface area contributed by atoms with E-state index in [1.165, 1.54) is 7.11 Å². The van der Waals surface area contributed by atoms with Crippen molar-refractivity contribution in [2.75, 3.05) is 26.5 Å². The van der Waals surface area contributed by atoms with E-state index in [1.807, 2.05) is 0 Å². The molecule has 0 aliphatic carbocycles. The molecule has 0 bridgehead atoms. The van der Waals surface area contributed by atoms with Gasteiger partial charge in [0.25, 0.3) is 0 Å². The van der Waals surface area contributed by atoms with Gasteiger partial charge in [-0.25, -0.2) is 0 Å². The summed E-state index contributed by atoms with van der Waals surface area (Å²) in [7, 11) is -3.71. The minimum absolute atomic E-state index is 0.0622. The molecule has 0 unspecified atom stereocenters. The molecule has 0 saturated heterocycles. The first-order valence-corrected chi connectivity index (χ1v) is 14.8. The maximum Gasteiger partial charge on any atom is 0.334 e. The Bertz CT molecular complexity index is 617. The molecule has 0 rings (SSSR count). The second kappa shape index (κ2) is 13.4. The molecule has 6 nitrogen and oxygen atoms in total. The van der Waals surface area contributed by atoms with E-state index in [0.717, 1.165) is 0 Å². The summed E-state index contributed by atoms with van der Waals surface area (Å²) in [6.07, 6.45) is 4.92. The lowest BCUT2D eigenvalue weighted by atomic mass is 10.1. The molecule has 0 aromatic heterocycles. The summed E-state index contributed by atoms with van der Waals surface area (Å²) in [5.74, 6) is 5.90. The van der Waals surface area contributed by atoms with Crippen molar-refractivity contribution in [3.8, 4) is 11.8 Å². The standard InChI is InChI=1S/C21H39O6PSi/c1-9-25-28(23,26-10-2)18-13-11-12-15-19(16-14-17-20(22)24-6)27-29(7,8)21(3,4)5/h11,13,19H,9-10,14,16-18H2,1-8H3/b13-11+/t19-/m1/s1. The molecule has 0 radical (unpaired) electrons. The van der Waals surface area contributed by atoms with Gasteiger partial charge in [0, 0.05) is 6.42 Å². The summed E-state index contributed by atoms with van der Waals surface area (Å²) in [5, 5.41) is 0.0622. The Morgan fingerprint density at radius 3 is 2.24 bits per heavy atom. The highest BCUT2D eigenvalue weighted by Crippen LogP contribution is 2.47. The van der Waals surface area contributed by atoms with Crippen molar-refractivity contribution in [2.45, 2.75) is 78.1 Å². The van der Waals surface area contributed by atoms with Crippen LogP contribution in [-0.4, -0.2) is 46.9 Å². The molecule has 1 atom stereocenters. The Morgan fingerprint density at radius 2 is 1.76 bits per heavy atom. The van der Waals surface area contributed by atoms with Gasteiger partial charge >= 0.3 is 13.6 Å². The van der Waals surface area contributed by atoms with Crippen molar-refractivity contribution in [3.05, 3.63) is 12.2 Å². The van der Waals surface area contributed by atoms with Crippen LogP contribution in [0.15, 0.2) is 12.2 Å². The molecular formula is C21H39O6PSi. The molecule has 0 fully saturated rings. The summed E-state index contributed by atoms with van der Waals surface area (Å²) in [6.45, 7) is 15.1. The number of ether oxygens (including phenoxy) is 1. The van der Waals surface area contributed by atoms with Crippen molar-refractivity contribution in [1.82, 2.24) is 0 Å². The van der Waals surface area contributed by atoms with Crippen molar-refractivity contribution in [1.29, 1.82) is 0 Å². The Labute approximate surface area is 178 Å². The van der Waals surface area contributed by atoms with Crippen LogP contribution in [0.1, 0.15) is 53.9 Å². The molecule has 29 heavy (non-hydrogen) atoms. The van der Waals surface area contributed by atoms with E-state index in [1.54, 1.807) is 26.0 Å². The number of allylic oxidation sites excluding steroid dienone is 2. The van der Waals surface area contributed by atoms with Gasteiger partial charge in [0.15, 0.2) is 8.32 Å². The Morgan fingerprint density at radius 1 is 1.17 bits per heavy atom. The smallest absolute Gasteiger partial charge is 0.334 e. The van der Waals surface area contributed by atoms with E-state index >= 15 is 0 Å². The van der Waals surface area contributed by atoms with Crippen molar-refractivity contribution < 1.29 is 27.6 Å². The molecule has 0 aromatic rings. The number of esters is 1. The van der Waals surface area contributed by atoms with Gasteiger partial charge in [-0.15, -0.1) is 0 Å². The second-order valence-corrected chi connectivity index (χ2v) is 15.0. The molecule has 0 aromatic carbocycles. The van der Waals surface area contributed by atoms with Crippen LogP contribution in [0.2, 0.25) is 18.1 Å². The lowest BCUT2D eigenvalue weighted by molar-refractivity contribution is -0.140. The number of rotatable bonds is 12. The highest BCUT2D eigenvalue weighted by molar-refractivity contribution is 7.54. The minimum atomic E-state index is -3.10. The fraction of sp³-hybridized carbons (Fsp3) is 0.762. The summed E-state index contributed by atoms with van der Waals surface area (Å²) in [5.41, 5.74) is 0. The zero-order chi connectivity index (χ0) is 22.6. The van der Waals surface area contributed by atoms with Gasteiger partial charge in [-0.1, -0.05) is 38.7 Å². The van der Waals surface area contributed by atoms with Crippen molar-refractivity contribution >= 4 is 21.9 Å². The molecule has 0 aliphatic heterocycles. The Balaban J connectivity index is 5.11. The van der Waals surface area contributed by atoms with E-state index in [9.17, 15) is 9.36 Å². The molecule has 0 spiro atoms. The van der Waals surface area contributed by atoms with Crippen molar-refractivity contribution in [3.63, 3.8) is 0 Å². The predicted octanol–water partition coefficient (Wildman–Crippen LogP) is 5.55. The van der Waals surface area contributed by atoms with Crippen LogP contribution in [0.25, 0.3) is 0 Å². The molecule has 0 aliphatic rings. The summed E-state index contributed by atoms with van der Waals surface area (Å²) >= 11 is 0. The average Bonchev–Trinajstić information content (AvgIpc) is 2.60. The van der Waals surface area contributed by atoms with E-state index in [-0.39, 0.29) is 23.3 Å². The number of hydrogen-bond acceptors (Lipinski definition) is 6.